The number of carbonyl (C=O) groups excluding carboxylic acids is 1. The first-order valence-electron chi connectivity index (χ1n) is 6.60. The van der Waals surface area contributed by atoms with Gasteiger partial charge in [-0.15, -0.1) is 0 Å². The predicted molar refractivity (Wildman–Crippen MR) is 79.1 cm³/mol. The molecule has 2 rings (SSSR count). The summed E-state index contributed by atoms with van der Waals surface area (Å²) in [5, 5.41) is 4.36. The first-order chi connectivity index (χ1) is 9.52. The maximum Gasteiger partial charge on any atom is 0.273 e. The van der Waals surface area contributed by atoms with Gasteiger partial charge in [0.2, 0.25) is 0 Å². The van der Waals surface area contributed by atoms with E-state index in [0.29, 0.717) is 12.2 Å². The van der Waals surface area contributed by atoms with E-state index in [1.54, 1.807) is 31.0 Å². The molecule has 1 amide bonds. The topological polar surface area (TPSA) is 64.2 Å². The van der Waals surface area contributed by atoms with E-state index in [4.69, 9.17) is 5.73 Å². The van der Waals surface area contributed by atoms with Gasteiger partial charge in [0, 0.05) is 20.3 Å². The van der Waals surface area contributed by atoms with Gasteiger partial charge in [-0.3, -0.25) is 4.79 Å². The van der Waals surface area contributed by atoms with Crippen LogP contribution < -0.4 is 5.73 Å². The van der Waals surface area contributed by atoms with Gasteiger partial charge in [-0.05, 0) is 37.6 Å². The van der Waals surface area contributed by atoms with Crippen molar-refractivity contribution in [2.45, 2.75) is 13.3 Å². The van der Waals surface area contributed by atoms with Crippen molar-refractivity contribution in [1.82, 2.24) is 14.7 Å². The molecule has 2 N–H and O–H groups in total. The molecule has 1 aromatic heterocycles. The summed E-state index contributed by atoms with van der Waals surface area (Å²) in [6.07, 6.45) is 2.59. The Morgan fingerprint density at radius 1 is 1.35 bits per heavy atom. The first-order valence-corrected chi connectivity index (χ1v) is 6.60. The third-order valence-corrected chi connectivity index (χ3v) is 3.11. The number of aryl methyl sites for hydroxylation is 1. The lowest BCUT2D eigenvalue weighted by Gasteiger charge is -2.10. The summed E-state index contributed by atoms with van der Waals surface area (Å²) in [6, 6.07) is 7.88. The van der Waals surface area contributed by atoms with Crippen molar-refractivity contribution in [2.75, 3.05) is 20.6 Å². The summed E-state index contributed by atoms with van der Waals surface area (Å²) in [5.41, 5.74) is 9.40. The van der Waals surface area contributed by atoms with Gasteiger partial charge in [0.05, 0.1) is 5.69 Å². The molecule has 0 aliphatic rings. The molecule has 0 aliphatic heterocycles. The van der Waals surface area contributed by atoms with Crippen LogP contribution in [0.2, 0.25) is 0 Å². The lowest BCUT2D eigenvalue weighted by atomic mass is 10.1. The van der Waals surface area contributed by atoms with Gasteiger partial charge in [0.1, 0.15) is 0 Å². The van der Waals surface area contributed by atoms with E-state index >= 15 is 0 Å². The molecule has 0 atom stereocenters. The maximum absolute atomic E-state index is 11.9. The summed E-state index contributed by atoms with van der Waals surface area (Å²) in [5.74, 6) is -0.101. The molecule has 0 aliphatic carbocycles. The number of carbonyl (C=O) groups is 1. The molecule has 106 valence electrons. The van der Waals surface area contributed by atoms with Gasteiger partial charge >= 0.3 is 0 Å². The second kappa shape index (κ2) is 5.88. The third-order valence-electron chi connectivity index (χ3n) is 3.11. The van der Waals surface area contributed by atoms with E-state index in [2.05, 4.69) is 11.2 Å². The average Bonchev–Trinajstić information content (AvgIpc) is 2.87. The fourth-order valence-corrected chi connectivity index (χ4v) is 2.09. The fraction of sp³-hybridized carbons (Fsp3) is 0.333. The average molecular weight is 272 g/mol. The van der Waals surface area contributed by atoms with Crippen molar-refractivity contribution < 1.29 is 4.79 Å². The summed E-state index contributed by atoms with van der Waals surface area (Å²) in [7, 11) is 3.43. The van der Waals surface area contributed by atoms with Crippen molar-refractivity contribution >= 4 is 5.91 Å². The minimum Gasteiger partial charge on any atom is -0.343 e. The minimum absolute atomic E-state index is 0.101. The van der Waals surface area contributed by atoms with Crippen LogP contribution in [0.4, 0.5) is 0 Å². The van der Waals surface area contributed by atoms with Crippen LogP contribution in [0.5, 0.6) is 0 Å². The third kappa shape index (κ3) is 2.88. The van der Waals surface area contributed by atoms with Crippen LogP contribution in [0.3, 0.4) is 0 Å². The quantitative estimate of drug-likeness (QED) is 0.914. The maximum atomic E-state index is 11.9. The Balaban J connectivity index is 2.39. The van der Waals surface area contributed by atoms with Gasteiger partial charge in [0.25, 0.3) is 5.91 Å². The molecular weight excluding hydrogens is 252 g/mol. The highest BCUT2D eigenvalue weighted by Crippen LogP contribution is 2.17. The van der Waals surface area contributed by atoms with E-state index in [0.717, 1.165) is 17.7 Å². The number of hydrogen-bond donors (Lipinski definition) is 1. The molecule has 0 saturated carbocycles. The SMILES string of the molecule is Cc1ccc(-n2ccc(C(=O)N(C)C)n2)c(CCN)c1. The van der Waals surface area contributed by atoms with Crippen LogP contribution in [-0.4, -0.2) is 41.2 Å². The molecule has 0 spiro atoms. The lowest BCUT2D eigenvalue weighted by molar-refractivity contribution is 0.0821. The molecule has 2 aromatic rings. The van der Waals surface area contributed by atoms with E-state index < -0.39 is 0 Å². The molecule has 1 aromatic carbocycles. The summed E-state index contributed by atoms with van der Waals surface area (Å²) >= 11 is 0. The van der Waals surface area contributed by atoms with Crippen LogP contribution in [0, 0.1) is 6.92 Å². The molecule has 5 heteroatoms. The van der Waals surface area contributed by atoms with E-state index in [1.807, 2.05) is 19.1 Å². The molecule has 20 heavy (non-hydrogen) atoms. The Morgan fingerprint density at radius 3 is 2.75 bits per heavy atom. The van der Waals surface area contributed by atoms with Crippen LogP contribution in [0.15, 0.2) is 30.5 Å². The number of nitrogens with two attached hydrogens (primary N) is 1. The highest BCUT2D eigenvalue weighted by atomic mass is 16.2. The summed E-state index contributed by atoms with van der Waals surface area (Å²) in [6.45, 7) is 2.63. The zero-order valence-electron chi connectivity index (χ0n) is 12.1. The molecular formula is C15H20N4O. The highest BCUT2D eigenvalue weighted by Gasteiger charge is 2.13. The van der Waals surface area contributed by atoms with Crippen LogP contribution in [0.1, 0.15) is 21.6 Å². The number of benzene rings is 1. The Bertz CT molecular complexity index is 616. The van der Waals surface area contributed by atoms with Crippen LogP contribution >= 0.6 is 0 Å². The van der Waals surface area contributed by atoms with E-state index in [1.165, 1.54) is 10.5 Å². The molecule has 0 saturated heterocycles. The highest BCUT2D eigenvalue weighted by molar-refractivity contribution is 5.91. The van der Waals surface area contributed by atoms with Crippen LogP contribution in [-0.2, 0) is 6.42 Å². The Labute approximate surface area is 119 Å². The number of rotatable bonds is 4. The molecule has 0 unspecified atom stereocenters. The molecule has 0 radical (unpaired) electrons. The number of aromatic nitrogens is 2. The molecule has 5 nitrogen and oxygen atoms in total. The normalized spacial score (nSPS) is 10.6. The molecule has 1 heterocycles. The Morgan fingerprint density at radius 2 is 2.10 bits per heavy atom. The van der Waals surface area contributed by atoms with Crippen LogP contribution in [0.25, 0.3) is 5.69 Å². The summed E-state index contributed by atoms with van der Waals surface area (Å²) < 4.78 is 1.74. The molecule has 0 bridgehead atoms. The number of hydrogen-bond acceptors (Lipinski definition) is 3. The Kier molecular flexibility index (Phi) is 4.20. The van der Waals surface area contributed by atoms with Crippen molar-refractivity contribution in [3.05, 3.63) is 47.3 Å². The van der Waals surface area contributed by atoms with E-state index in [9.17, 15) is 4.79 Å². The van der Waals surface area contributed by atoms with Gasteiger partial charge in [-0.25, -0.2) is 4.68 Å². The van der Waals surface area contributed by atoms with Gasteiger partial charge < -0.3 is 10.6 Å². The minimum atomic E-state index is -0.101. The largest absolute Gasteiger partial charge is 0.343 e. The van der Waals surface area contributed by atoms with Crippen molar-refractivity contribution in [3.8, 4) is 5.69 Å². The number of amides is 1. The van der Waals surface area contributed by atoms with Crippen molar-refractivity contribution in [1.29, 1.82) is 0 Å². The smallest absolute Gasteiger partial charge is 0.273 e. The van der Waals surface area contributed by atoms with Gasteiger partial charge in [-0.2, -0.15) is 5.10 Å². The zero-order valence-corrected chi connectivity index (χ0v) is 12.1. The second-order valence-electron chi connectivity index (χ2n) is 5.02. The van der Waals surface area contributed by atoms with E-state index in [-0.39, 0.29) is 5.91 Å². The lowest BCUT2D eigenvalue weighted by Crippen LogP contribution is -2.22. The zero-order chi connectivity index (χ0) is 14.7. The predicted octanol–water partition coefficient (Wildman–Crippen LogP) is 1.38. The van der Waals surface area contributed by atoms with Crippen molar-refractivity contribution in [3.63, 3.8) is 0 Å². The number of nitrogens with zero attached hydrogens (tertiary/aromatic N) is 3. The Hall–Kier alpha value is -2.14. The van der Waals surface area contributed by atoms with Gasteiger partial charge in [-0.1, -0.05) is 17.7 Å². The second-order valence-corrected chi connectivity index (χ2v) is 5.02. The summed E-state index contributed by atoms with van der Waals surface area (Å²) in [4.78, 5) is 13.4. The fourth-order valence-electron chi connectivity index (χ4n) is 2.09. The standard InChI is InChI=1S/C15H20N4O/c1-11-4-5-14(12(10-11)6-8-16)19-9-7-13(17-19)15(20)18(2)3/h4-5,7,9-10H,6,8,16H2,1-3H3. The van der Waals surface area contributed by atoms with Gasteiger partial charge in [0.15, 0.2) is 5.69 Å². The molecule has 0 fully saturated rings. The monoisotopic (exact) mass is 272 g/mol. The first kappa shape index (κ1) is 14.3. The van der Waals surface area contributed by atoms with Crippen molar-refractivity contribution in [2.24, 2.45) is 5.73 Å².